The molecule has 0 radical (unpaired) electrons. The van der Waals surface area contributed by atoms with Gasteiger partial charge in [0, 0.05) is 17.8 Å². The summed E-state index contributed by atoms with van der Waals surface area (Å²) < 4.78 is 1.65. The van der Waals surface area contributed by atoms with Crippen LogP contribution < -0.4 is 11.4 Å². The van der Waals surface area contributed by atoms with E-state index >= 15 is 0 Å². The molecule has 5 nitrogen and oxygen atoms in total. The zero-order chi connectivity index (χ0) is 15.6. The van der Waals surface area contributed by atoms with Gasteiger partial charge in [0.2, 0.25) is 0 Å². The third-order valence-corrected chi connectivity index (χ3v) is 4.32. The summed E-state index contributed by atoms with van der Waals surface area (Å²) in [6.07, 6.45) is 0. The molecule has 3 N–H and O–H groups in total. The van der Waals surface area contributed by atoms with Gasteiger partial charge in [-0.05, 0) is 33.3 Å². The zero-order valence-corrected chi connectivity index (χ0v) is 13.7. The molecule has 1 atom stereocenters. The lowest BCUT2D eigenvalue weighted by Gasteiger charge is -2.14. The number of aromatic amines is 1. The Hall–Kier alpha value is -1.53. The molecule has 1 unspecified atom stereocenters. The number of aryl methyl sites for hydroxylation is 2. The number of nitrogens with two attached hydrogens (primary N) is 1. The maximum absolute atomic E-state index is 11.7. The molecule has 0 aliphatic rings. The van der Waals surface area contributed by atoms with E-state index in [1.807, 2.05) is 13.8 Å². The molecule has 2 rings (SSSR count). The highest BCUT2D eigenvalue weighted by Crippen LogP contribution is 2.23. The average Bonchev–Trinajstić information content (AvgIpc) is 2.76. The summed E-state index contributed by atoms with van der Waals surface area (Å²) in [6.45, 7) is 8.07. The second-order valence-electron chi connectivity index (χ2n) is 5.61. The standard InChI is InChI=1S/C15H22N4OS/c1-9(2)19-14(20)17-18-15(19)21-8-13(16)12-6-10(3)5-11(4)7-12/h5-7,9,13H,8,16H2,1-4H3,(H,17,20). The lowest BCUT2D eigenvalue weighted by atomic mass is 10.0. The van der Waals surface area contributed by atoms with Crippen molar-refractivity contribution in [1.82, 2.24) is 14.8 Å². The number of nitrogens with one attached hydrogen (secondary N) is 1. The fourth-order valence-electron chi connectivity index (χ4n) is 2.33. The minimum absolute atomic E-state index is 0.0798. The van der Waals surface area contributed by atoms with E-state index in [4.69, 9.17) is 5.73 Å². The van der Waals surface area contributed by atoms with Gasteiger partial charge in [-0.3, -0.25) is 4.57 Å². The predicted molar refractivity (Wildman–Crippen MR) is 86.8 cm³/mol. The first kappa shape index (κ1) is 15.9. The molecule has 1 aromatic carbocycles. The lowest BCUT2D eigenvalue weighted by Crippen LogP contribution is -2.20. The molecule has 0 bridgehead atoms. The van der Waals surface area contributed by atoms with E-state index in [0.717, 1.165) is 5.56 Å². The third kappa shape index (κ3) is 3.77. The fourth-order valence-corrected chi connectivity index (χ4v) is 3.40. The van der Waals surface area contributed by atoms with E-state index in [2.05, 4.69) is 42.2 Å². The maximum Gasteiger partial charge on any atom is 0.344 e. The molecule has 1 heterocycles. The summed E-state index contributed by atoms with van der Waals surface area (Å²) in [4.78, 5) is 11.7. The van der Waals surface area contributed by atoms with Crippen molar-refractivity contribution in [2.45, 2.75) is 44.9 Å². The van der Waals surface area contributed by atoms with Crippen LogP contribution in [0.2, 0.25) is 0 Å². The van der Waals surface area contributed by atoms with Crippen LogP contribution in [0.5, 0.6) is 0 Å². The molecule has 0 saturated heterocycles. The third-order valence-electron chi connectivity index (χ3n) is 3.25. The quantitative estimate of drug-likeness (QED) is 0.832. The van der Waals surface area contributed by atoms with Crippen molar-refractivity contribution >= 4 is 11.8 Å². The Labute approximate surface area is 128 Å². The Morgan fingerprint density at radius 3 is 2.48 bits per heavy atom. The van der Waals surface area contributed by atoms with Gasteiger partial charge < -0.3 is 5.73 Å². The number of aromatic nitrogens is 3. The first-order chi connectivity index (χ1) is 9.88. The topological polar surface area (TPSA) is 76.7 Å². The molecule has 0 aliphatic heterocycles. The van der Waals surface area contributed by atoms with Crippen LogP contribution in [0.3, 0.4) is 0 Å². The van der Waals surface area contributed by atoms with E-state index < -0.39 is 0 Å². The summed E-state index contributed by atoms with van der Waals surface area (Å²) in [5, 5.41) is 7.26. The van der Waals surface area contributed by atoms with Gasteiger partial charge in [0.05, 0.1) is 0 Å². The highest BCUT2D eigenvalue weighted by molar-refractivity contribution is 7.99. The number of H-pyrrole nitrogens is 1. The minimum atomic E-state index is -0.174. The van der Waals surface area contributed by atoms with Crippen LogP contribution in [0.1, 0.15) is 42.6 Å². The Bertz CT molecular complexity index is 654. The van der Waals surface area contributed by atoms with Crippen LogP contribution in [0.25, 0.3) is 0 Å². The first-order valence-electron chi connectivity index (χ1n) is 7.02. The molecule has 2 aromatic rings. The summed E-state index contributed by atoms with van der Waals surface area (Å²) in [5.41, 5.74) is 9.64. The Morgan fingerprint density at radius 2 is 1.90 bits per heavy atom. The zero-order valence-electron chi connectivity index (χ0n) is 12.9. The summed E-state index contributed by atoms with van der Waals surface area (Å²) in [5.74, 6) is 0.680. The van der Waals surface area contributed by atoms with Crippen LogP contribution >= 0.6 is 11.8 Å². The molecule has 0 fully saturated rings. The number of hydrogen-bond acceptors (Lipinski definition) is 4. The molecular weight excluding hydrogens is 284 g/mol. The molecular formula is C15H22N4OS. The fraction of sp³-hybridized carbons (Fsp3) is 0.467. The second-order valence-corrected chi connectivity index (χ2v) is 6.60. The molecule has 0 amide bonds. The van der Waals surface area contributed by atoms with Crippen molar-refractivity contribution in [3.05, 3.63) is 45.4 Å². The molecule has 21 heavy (non-hydrogen) atoms. The van der Waals surface area contributed by atoms with Crippen molar-refractivity contribution < 1.29 is 0 Å². The Kier molecular flexibility index (Phi) is 4.90. The Morgan fingerprint density at radius 1 is 1.29 bits per heavy atom. The highest BCUT2D eigenvalue weighted by Gasteiger charge is 2.14. The van der Waals surface area contributed by atoms with Gasteiger partial charge in [-0.1, -0.05) is 41.1 Å². The van der Waals surface area contributed by atoms with Crippen LogP contribution in [0, 0.1) is 13.8 Å². The van der Waals surface area contributed by atoms with E-state index in [-0.39, 0.29) is 17.8 Å². The highest BCUT2D eigenvalue weighted by atomic mass is 32.2. The number of hydrogen-bond donors (Lipinski definition) is 2. The van der Waals surface area contributed by atoms with Crippen molar-refractivity contribution in [2.24, 2.45) is 5.73 Å². The minimum Gasteiger partial charge on any atom is -0.323 e. The van der Waals surface area contributed by atoms with Gasteiger partial charge in [0.25, 0.3) is 0 Å². The van der Waals surface area contributed by atoms with Gasteiger partial charge in [0.1, 0.15) is 0 Å². The van der Waals surface area contributed by atoms with E-state index in [1.54, 1.807) is 4.57 Å². The van der Waals surface area contributed by atoms with Crippen molar-refractivity contribution in [3.8, 4) is 0 Å². The van der Waals surface area contributed by atoms with E-state index in [9.17, 15) is 4.79 Å². The number of benzene rings is 1. The molecule has 114 valence electrons. The monoisotopic (exact) mass is 306 g/mol. The van der Waals surface area contributed by atoms with Crippen molar-refractivity contribution in [1.29, 1.82) is 0 Å². The Balaban J connectivity index is 2.11. The maximum atomic E-state index is 11.7. The molecule has 0 aliphatic carbocycles. The van der Waals surface area contributed by atoms with E-state index in [1.165, 1.54) is 22.9 Å². The summed E-state index contributed by atoms with van der Waals surface area (Å²) in [7, 11) is 0. The van der Waals surface area contributed by atoms with Crippen LogP contribution in [0.15, 0.2) is 28.2 Å². The van der Waals surface area contributed by atoms with Gasteiger partial charge in [-0.15, -0.1) is 5.10 Å². The molecule has 0 spiro atoms. The number of thioether (sulfide) groups is 1. The molecule has 6 heteroatoms. The normalized spacial score (nSPS) is 12.9. The first-order valence-corrected chi connectivity index (χ1v) is 8.00. The van der Waals surface area contributed by atoms with Gasteiger partial charge in [-0.25, -0.2) is 9.89 Å². The van der Waals surface area contributed by atoms with Gasteiger partial charge in [-0.2, -0.15) is 0 Å². The largest absolute Gasteiger partial charge is 0.344 e. The van der Waals surface area contributed by atoms with Crippen molar-refractivity contribution in [3.63, 3.8) is 0 Å². The lowest BCUT2D eigenvalue weighted by molar-refractivity contribution is 0.533. The molecule has 1 aromatic heterocycles. The number of nitrogens with zero attached hydrogens (tertiary/aromatic N) is 2. The summed E-state index contributed by atoms with van der Waals surface area (Å²) in [6, 6.07) is 6.35. The van der Waals surface area contributed by atoms with Crippen LogP contribution in [-0.2, 0) is 0 Å². The smallest absolute Gasteiger partial charge is 0.323 e. The predicted octanol–water partition coefficient (Wildman–Crippen LogP) is 2.56. The van der Waals surface area contributed by atoms with Crippen LogP contribution in [-0.4, -0.2) is 20.5 Å². The molecule has 0 saturated carbocycles. The van der Waals surface area contributed by atoms with Gasteiger partial charge in [0.15, 0.2) is 5.16 Å². The van der Waals surface area contributed by atoms with Gasteiger partial charge >= 0.3 is 5.69 Å². The SMILES string of the molecule is Cc1cc(C)cc(C(N)CSc2n[nH]c(=O)n2C(C)C)c1. The summed E-state index contributed by atoms with van der Waals surface area (Å²) >= 11 is 1.51. The average molecular weight is 306 g/mol. The van der Waals surface area contributed by atoms with Crippen LogP contribution in [0.4, 0.5) is 0 Å². The number of rotatable bonds is 5. The van der Waals surface area contributed by atoms with Crippen molar-refractivity contribution in [2.75, 3.05) is 5.75 Å². The van der Waals surface area contributed by atoms with E-state index in [0.29, 0.717) is 10.9 Å². The second kappa shape index (κ2) is 6.49.